The van der Waals surface area contributed by atoms with Crippen LogP contribution in [0.5, 0.6) is 0 Å². The number of aryl methyl sites for hydroxylation is 1. The number of amides is 1. The van der Waals surface area contributed by atoms with Crippen LogP contribution in [-0.4, -0.2) is 31.9 Å². The van der Waals surface area contributed by atoms with Crippen molar-refractivity contribution >= 4 is 27.3 Å². The molecule has 2 rings (SSSR count). The van der Waals surface area contributed by atoms with Crippen molar-refractivity contribution in [1.29, 1.82) is 0 Å². The molecule has 0 bridgehead atoms. The van der Waals surface area contributed by atoms with E-state index in [4.69, 9.17) is 11.6 Å². The topological polar surface area (TPSA) is 63.2 Å². The molecule has 0 aliphatic heterocycles. The zero-order chi connectivity index (χ0) is 15.6. The lowest BCUT2D eigenvalue weighted by atomic mass is 9.94. The molecule has 0 unspecified atom stereocenters. The first kappa shape index (κ1) is 16.3. The first-order valence-corrected chi connectivity index (χ1v) is 9.38. The van der Waals surface area contributed by atoms with Gasteiger partial charge >= 0.3 is 0 Å². The molecule has 0 saturated heterocycles. The van der Waals surface area contributed by atoms with Crippen LogP contribution in [0.15, 0.2) is 18.2 Å². The van der Waals surface area contributed by atoms with Gasteiger partial charge in [-0.3, -0.25) is 4.79 Å². The van der Waals surface area contributed by atoms with Crippen molar-refractivity contribution in [3.05, 3.63) is 34.3 Å². The van der Waals surface area contributed by atoms with Crippen molar-refractivity contribution in [2.75, 3.05) is 6.26 Å². The summed E-state index contributed by atoms with van der Waals surface area (Å²) in [6.45, 7) is 1.83. The first-order chi connectivity index (χ1) is 9.79. The van der Waals surface area contributed by atoms with E-state index in [1.54, 1.807) is 18.2 Å². The SMILES string of the molecule is Cc1cc(C(=O)N[C@@H]2CCCC[C@H]2S(C)(=O)=O)ccc1Cl. The van der Waals surface area contributed by atoms with Crippen LogP contribution in [0.4, 0.5) is 0 Å². The molecule has 0 heterocycles. The minimum atomic E-state index is -3.15. The molecular formula is C15H20ClNO3S. The third kappa shape index (κ3) is 3.98. The standard InChI is InChI=1S/C15H20ClNO3S/c1-10-9-11(7-8-12(10)16)15(18)17-13-5-3-4-6-14(13)21(2,19)20/h7-9,13-14H,3-6H2,1-2H3,(H,17,18)/t13-,14-/m1/s1. The van der Waals surface area contributed by atoms with E-state index in [0.29, 0.717) is 23.4 Å². The molecule has 1 aromatic carbocycles. The van der Waals surface area contributed by atoms with Crippen molar-refractivity contribution in [2.45, 2.75) is 43.9 Å². The lowest BCUT2D eigenvalue weighted by Crippen LogP contribution is -2.48. The quantitative estimate of drug-likeness (QED) is 0.927. The molecule has 4 nitrogen and oxygen atoms in total. The van der Waals surface area contributed by atoms with Crippen molar-refractivity contribution in [1.82, 2.24) is 5.32 Å². The third-order valence-corrected chi connectivity index (χ3v) is 6.08. The molecule has 21 heavy (non-hydrogen) atoms. The number of nitrogens with one attached hydrogen (secondary N) is 1. The number of rotatable bonds is 3. The van der Waals surface area contributed by atoms with Crippen molar-refractivity contribution < 1.29 is 13.2 Å². The average molecular weight is 330 g/mol. The molecule has 1 N–H and O–H groups in total. The summed E-state index contributed by atoms with van der Waals surface area (Å²) in [7, 11) is -3.15. The molecule has 0 aromatic heterocycles. The molecule has 1 aromatic rings. The number of carbonyl (C=O) groups is 1. The molecular weight excluding hydrogens is 310 g/mol. The van der Waals surface area contributed by atoms with Crippen LogP contribution in [0.25, 0.3) is 0 Å². The van der Waals surface area contributed by atoms with E-state index in [1.807, 2.05) is 6.92 Å². The highest BCUT2D eigenvalue weighted by Crippen LogP contribution is 2.24. The van der Waals surface area contributed by atoms with E-state index >= 15 is 0 Å². The largest absolute Gasteiger partial charge is 0.348 e. The van der Waals surface area contributed by atoms with E-state index in [9.17, 15) is 13.2 Å². The maximum absolute atomic E-state index is 12.3. The van der Waals surface area contributed by atoms with Crippen molar-refractivity contribution in [3.8, 4) is 0 Å². The van der Waals surface area contributed by atoms with Gasteiger partial charge in [0.05, 0.1) is 5.25 Å². The maximum atomic E-state index is 12.3. The summed E-state index contributed by atoms with van der Waals surface area (Å²) in [5.41, 5.74) is 1.34. The monoisotopic (exact) mass is 329 g/mol. The van der Waals surface area contributed by atoms with Gasteiger partial charge in [0.1, 0.15) is 0 Å². The van der Waals surface area contributed by atoms with E-state index in [0.717, 1.165) is 18.4 Å². The fourth-order valence-electron chi connectivity index (χ4n) is 2.81. The molecule has 1 amide bonds. The van der Waals surface area contributed by atoms with Gasteiger partial charge in [-0.05, 0) is 43.5 Å². The van der Waals surface area contributed by atoms with Crippen molar-refractivity contribution in [3.63, 3.8) is 0 Å². The van der Waals surface area contributed by atoms with E-state index in [-0.39, 0.29) is 11.9 Å². The molecule has 1 aliphatic rings. The van der Waals surface area contributed by atoms with Gasteiger partial charge in [-0.25, -0.2) is 8.42 Å². The van der Waals surface area contributed by atoms with E-state index in [1.165, 1.54) is 6.26 Å². The van der Waals surface area contributed by atoms with Crippen LogP contribution in [0.1, 0.15) is 41.6 Å². The molecule has 6 heteroatoms. The number of carbonyl (C=O) groups excluding carboxylic acids is 1. The summed E-state index contributed by atoms with van der Waals surface area (Å²) < 4.78 is 23.7. The number of hydrogen-bond donors (Lipinski definition) is 1. The second-order valence-electron chi connectivity index (χ2n) is 5.70. The van der Waals surface area contributed by atoms with Crippen LogP contribution in [0.3, 0.4) is 0 Å². The van der Waals surface area contributed by atoms with Gasteiger partial charge in [-0.15, -0.1) is 0 Å². The zero-order valence-electron chi connectivity index (χ0n) is 12.2. The summed E-state index contributed by atoms with van der Waals surface area (Å²) in [4.78, 5) is 12.3. The summed E-state index contributed by atoms with van der Waals surface area (Å²) in [6.07, 6.45) is 4.40. The van der Waals surface area contributed by atoms with Crippen LogP contribution in [0.2, 0.25) is 5.02 Å². The van der Waals surface area contributed by atoms with Crippen molar-refractivity contribution in [2.24, 2.45) is 0 Å². The minimum absolute atomic E-state index is 0.240. The summed E-state index contributed by atoms with van der Waals surface area (Å²) in [6, 6.07) is 4.75. The summed E-state index contributed by atoms with van der Waals surface area (Å²) in [5, 5.41) is 3.00. The Labute approximate surface area is 130 Å². The average Bonchev–Trinajstić information content (AvgIpc) is 2.41. The Morgan fingerprint density at radius 2 is 1.95 bits per heavy atom. The lowest BCUT2D eigenvalue weighted by Gasteiger charge is -2.30. The normalized spacial score (nSPS) is 22.8. The highest BCUT2D eigenvalue weighted by Gasteiger charge is 2.33. The fraction of sp³-hybridized carbons (Fsp3) is 0.533. The van der Waals surface area contributed by atoms with Gasteiger partial charge in [0.25, 0.3) is 5.91 Å². The van der Waals surface area contributed by atoms with Gasteiger partial charge in [-0.1, -0.05) is 24.4 Å². The second kappa shape index (κ2) is 6.36. The molecule has 0 spiro atoms. The molecule has 116 valence electrons. The minimum Gasteiger partial charge on any atom is -0.348 e. The highest BCUT2D eigenvalue weighted by atomic mass is 35.5. The molecule has 1 saturated carbocycles. The predicted molar refractivity (Wildman–Crippen MR) is 84.5 cm³/mol. The fourth-order valence-corrected chi connectivity index (χ4v) is 4.33. The lowest BCUT2D eigenvalue weighted by molar-refractivity contribution is 0.0928. The Bertz CT molecular complexity index is 642. The Balaban J connectivity index is 2.15. The summed E-state index contributed by atoms with van der Waals surface area (Å²) in [5.74, 6) is -0.240. The number of halogens is 1. The molecule has 1 aliphatic carbocycles. The second-order valence-corrected chi connectivity index (χ2v) is 8.37. The van der Waals surface area contributed by atoms with Gasteiger partial charge in [0.15, 0.2) is 9.84 Å². The van der Waals surface area contributed by atoms with Crippen LogP contribution in [0, 0.1) is 6.92 Å². The van der Waals surface area contributed by atoms with Crippen LogP contribution < -0.4 is 5.32 Å². The molecule has 1 fully saturated rings. The number of benzene rings is 1. The number of hydrogen-bond acceptors (Lipinski definition) is 3. The van der Waals surface area contributed by atoms with E-state index < -0.39 is 15.1 Å². The Hall–Kier alpha value is -1.07. The third-order valence-electron chi connectivity index (χ3n) is 3.99. The predicted octanol–water partition coefficient (Wildman–Crippen LogP) is 2.73. The maximum Gasteiger partial charge on any atom is 0.251 e. The van der Waals surface area contributed by atoms with Gasteiger partial charge in [-0.2, -0.15) is 0 Å². The Kier molecular flexibility index (Phi) is 4.94. The Morgan fingerprint density at radius 1 is 1.29 bits per heavy atom. The molecule has 0 radical (unpaired) electrons. The molecule has 2 atom stereocenters. The van der Waals surface area contributed by atoms with Gasteiger partial charge < -0.3 is 5.32 Å². The first-order valence-electron chi connectivity index (χ1n) is 7.05. The zero-order valence-corrected chi connectivity index (χ0v) is 13.8. The van der Waals surface area contributed by atoms with Crippen LogP contribution in [-0.2, 0) is 9.84 Å². The smallest absolute Gasteiger partial charge is 0.251 e. The highest BCUT2D eigenvalue weighted by molar-refractivity contribution is 7.91. The van der Waals surface area contributed by atoms with Gasteiger partial charge in [0, 0.05) is 22.9 Å². The van der Waals surface area contributed by atoms with Gasteiger partial charge in [0.2, 0.25) is 0 Å². The van der Waals surface area contributed by atoms with E-state index in [2.05, 4.69) is 5.32 Å². The summed E-state index contributed by atoms with van der Waals surface area (Å²) >= 11 is 5.95. The van der Waals surface area contributed by atoms with Crippen LogP contribution >= 0.6 is 11.6 Å². The number of sulfone groups is 1. The Morgan fingerprint density at radius 3 is 2.57 bits per heavy atom.